The average molecular weight is 630 g/mol. The van der Waals surface area contributed by atoms with Crippen molar-refractivity contribution in [1.29, 1.82) is 0 Å². The molecule has 5 aromatic carbocycles. The molecular weight excluding hydrogens is 594 g/mol. The number of carbonyl (C=O) groups excluding carboxylic acids is 1. The van der Waals surface area contributed by atoms with Crippen LogP contribution in [0.25, 0.3) is 0 Å². The van der Waals surface area contributed by atoms with E-state index in [0.717, 1.165) is 33.4 Å². The highest BCUT2D eigenvalue weighted by Crippen LogP contribution is 2.42. The summed E-state index contributed by atoms with van der Waals surface area (Å²) in [4.78, 5) is 22.7. The third-order valence-corrected chi connectivity index (χ3v) is 8.75. The van der Waals surface area contributed by atoms with Crippen molar-refractivity contribution in [3.63, 3.8) is 0 Å². The van der Waals surface area contributed by atoms with Gasteiger partial charge in [0.15, 0.2) is 0 Å². The maximum absolute atomic E-state index is 13.1. The first-order valence-corrected chi connectivity index (χ1v) is 16.1. The molecule has 6 heteroatoms. The predicted octanol–water partition coefficient (Wildman–Crippen LogP) is 8.35. The lowest BCUT2D eigenvalue weighted by Crippen LogP contribution is -2.34. The van der Waals surface area contributed by atoms with Crippen molar-refractivity contribution >= 4 is 17.3 Å². The summed E-state index contributed by atoms with van der Waals surface area (Å²) in [6.07, 6.45) is 3.11. The average Bonchev–Trinajstić information content (AvgIpc) is 3.67. The summed E-state index contributed by atoms with van der Waals surface area (Å²) >= 11 is 0. The molecule has 1 N–H and O–H groups in total. The minimum absolute atomic E-state index is 0.0833. The van der Waals surface area contributed by atoms with Gasteiger partial charge in [0.05, 0.1) is 12.3 Å². The van der Waals surface area contributed by atoms with Crippen molar-refractivity contribution in [3.8, 4) is 0 Å². The highest BCUT2D eigenvalue weighted by Gasteiger charge is 2.38. The molecule has 0 bridgehead atoms. The van der Waals surface area contributed by atoms with Gasteiger partial charge in [-0.2, -0.15) is 0 Å². The monoisotopic (exact) mass is 629 g/mol. The summed E-state index contributed by atoms with van der Waals surface area (Å²) < 4.78 is 7.26. The van der Waals surface area contributed by atoms with Crippen LogP contribution in [-0.2, 0) is 20.0 Å². The molecule has 236 valence electrons. The van der Waals surface area contributed by atoms with Gasteiger partial charge in [-0.15, -0.1) is 0 Å². The molecule has 6 aromatic rings. The van der Waals surface area contributed by atoms with E-state index >= 15 is 0 Å². The van der Waals surface area contributed by atoms with E-state index in [1.165, 1.54) is 0 Å². The highest BCUT2D eigenvalue weighted by atomic mass is 16.6. The first-order chi connectivity index (χ1) is 23.7. The molecule has 48 heavy (non-hydrogen) atoms. The fourth-order valence-corrected chi connectivity index (χ4v) is 6.29. The van der Waals surface area contributed by atoms with Gasteiger partial charge < -0.3 is 14.9 Å². The molecule has 0 fully saturated rings. The molecule has 7 rings (SSSR count). The predicted molar refractivity (Wildman–Crippen MR) is 189 cm³/mol. The number of oxime groups is 1. The fourth-order valence-electron chi connectivity index (χ4n) is 6.29. The van der Waals surface area contributed by atoms with Crippen molar-refractivity contribution < 1.29 is 14.4 Å². The van der Waals surface area contributed by atoms with Gasteiger partial charge in [0, 0.05) is 36.0 Å². The standard InChI is InChI=1S/C42H35N3O3/c46-41(40-28-39(45-48-40)33-16-13-27-43-29-33)44-37-25-23-32(24-26-37)38(31-14-5-1-6-15-31)30-47-42(34-17-7-2-8-18-34,35-19-9-3-10-20-35)36-21-11-4-12-22-36/h1-27,29,38,40H,28,30H2,(H,44,46). The summed E-state index contributed by atoms with van der Waals surface area (Å²) in [7, 11) is 0. The molecule has 1 aliphatic rings. The lowest BCUT2D eigenvalue weighted by molar-refractivity contribution is -0.125. The van der Waals surface area contributed by atoms with Gasteiger partial charge in [-0.05, 0) is 52.1 Å². The van der Waals surface area contributed by atoms with Crippen LogP contribution in [-0.4, -0.2) is 29.3 Å². The van der Waals surface area contributed by atoms with E-state index in [1.807, 2.05) is 48.5 Å². The van der Waals surface area contributed by atoms with E-state index in [0.29, 0.717) is 24.4 Å². The Morgan fingerprint density at radius 3 is 1.79 bits per heavy atom. The van der Waals surface area contributed by atoms with E-state index in [2.05, 4.69) is 125 Å². The Hall–Kier alpha value is -5.85. The van der Waals surface area contributed by atoms with Crippen LogP contribution < -0.4 is 5.32 Å². The van der Waals surface area contributed by atoms with Gasteiger partial charge in [-0.25, -0.2) is 0 Å². The number of rotatable bonds is 11. The van der Waals surface area contributed by atoms with Crippen LogP contribution in [0.5, 0.6) is 0 Å². The quantitative estimate of drug-likeness (QED) is 0.146. The van der Waals surface area contributed by atoms with Crippen molar-refractivity contribution in [2.24, 2.45) is 5.16 Å². The zero-order chi connectivity index (χ0) is 32.6. The largest absolute Gasteiger partial charge is 0.382 e. The Morgan fingerprint density at radius 2 is 1.25 bits per heavy atom. The van der Waals surface area contributed by atoms with Gasteiger partial charge in [-0.3, -0.25) is 9.78 Å². The normalized spacial score (nSPS) is 14.8. The summed E-state index contributed by atoms with van der Waals surface area (Å²) in [5.74, 6) is -0.327. The second-order valence-electron chi connectivity index (χ2n) is 11.7. The molecule has 2 unspecified atom stereocenters. The molecule has 0 saturated heterocycles. The number of aromatic nitrogens is 1. The van der Waals surface area contributed by atoms with Crippen LogP contribution in [0.4, 0.5) is 5.69 Å². The maximum Gasteiger partial charge on any atom is 0.268 e. The Bertz CT molecular complexity index is 1860. The lowest BCUT2D eigenvalue weighted by atomic mass is 9.79. The Labute approximate surface area is 280 Å². The van der Waals surface area contributed by atoms with Crippen molar-refractivity contribution in [2.75, 3.05) is 11.9 Å². The van der Waals surface area contributed by atoms with Crippen molar-refractivity contribution in [3.05, 3.63) is 203 Å². The topological polar surface area (TPSA) is 72.8 Å². The molecule has 0 radical (unpaired) electrons. The van der Waals surface area contributed by atoms with E-state index in [1.54, 1.807) is 12.4 Å². The van der Waals surface area contributed by atoms with Crippen LogP contribution in [0.1, 0.15) is 45.7 Å². The first kappa shape index (κ1) is 30.8. The number of ether oxygens (including phenoxy) is 1. The summed E-state index contributed by atoms with van der Waals surface area (Å²) in [5, 5.41) is 7.13. The summed E-state index contributed by atoms with van der Waals surface area (Å²) in [5.41, 5.74) is 6.76. The Morgan fingerprint density at radius 1 is 0.708 bits per heavy atom. The molecule has 1 aromatic heterocycles. The number of amides is 1. The molecule has 0 spiro atoms. The fraction of sp³-hybridized carbons (Fsp3) is 0.119. The minimum Gasteiger partial charge on any atom is -0.382 e. The second kappa shape index (κ2) is 14.3. The highest BCUT2D eigenvalue weighted by molar-refractivity contribution is 6.05. The SMILES string of the molecule is O=C(Nc1ccc(C(COC(c2ccccc2)(c2ccccc2)c2ccccc2)c2ccccc2)cc1)C1CC(c2cccnc2)=NO1. The number of carbonyl (C=O) groups is 1. The molecule has 0 saturated carbocycles. The number of nitrogens with one attached hydrogen (secondary N) is 1. The van der Waals surface area contributed by atoms with E-state index in [-0.39, 0.29) is 11.8 Å². The number of nitrogens with zero attached hydrogens (tertiary/aromatic N) is 2. The molecule has 1 amide bonds. The van der Waals surface area contributed by atoms with Crippen LogP contribution in [0.3, 0.4) is 0 Å². The molecule has 1 aliphatic heterocycles. The third-order valence-electron chi connectivity index (χ3n) is 8.75. The number of hydrogen-bond donors (Lipinski definition) is 1. The number of hydrogen-bond acceptors (Lipinski definition) is 5. The number of pyridine rings is 1. The number of anilines is 1. The van der Waals surface area contributed by atoms with Crippen LogP contribution in [0, 0.1) is 0 Å². The Balaban J connectivity index is 1.16. The zero-order valence-electron chi connectivity index (χ0n) is 26.4. The molecular formula is C42H35N3O3. The lowest BCUT2D eigenvalue weighted by Gasteiger charge is -2.37. The van der Waals surface area contributed by atoms with Gasteiger partial charge in [0.25, 0.3) is 5.91 Å². The zero-order valence-corrected chi connectivity index (χ0v) is 26.4. The van der Waals surface area contributed by atoms with Gasteiger partial charge in [0.1, 0.15) is 5.60 Å². The molecule has 6 nitrogen and oxygen atoms in total. The van der Waals surface area contributed by atoms with E-state index in [4.69, 9.17) is 9.57 Å². The smallest absolute Gasteiger partial charge is 0.268 e. The third kappa shape index (κ3) is 6.52. The molecule has 2 heterocycles. The van der Waals surface area contributed by atoms with Crippen LogP contribution >= 0.6 is 0 Å². The first-order valence-electron chi connectivity index (χ1n) is 16.1. The number of benzene rings is 5. The maximum atomic E-state index is 13.1. The summed E-state index contributed by atoms with van der Waals surface area (Å²) in [6, 6.07) is 53.4. The second-order valence-corrected chi connectivity index (χ2v) is 11.7. The molecule has 0 aliphatic carbocycles. The van der Waals surface area contributed by atoms with Gasteiger partial charge in [0.2, 0.25) is 6.10 Å². The van der Waals surface area contributed by atoms with Gasteiger partial charge >= 0.3 is 0 Å². The van der Waals surface area contributed by atoms with E-state index < -0.39 is 11.7 Å². The van der Waals surface area contributed by atoms with Gasteiger partial charge in [-0.1, -0.05) is 139 Å². The molecule has 2 atom stereocenters. The van der Waals surface area contributed by atoms with E-state index in [9.17, 15) is 4.79 Å². The minimum atomic E-state index is -0.844. The van der Waals surface area contributed by atoms with Crippen molar-refractivity contribution in [1.82, 2.24) is 4.98 Å². The summed E-state index contributed by atoms with van der Waals surface area (Å²) in [6.45, 7) is 0.402. The Kier molecular flexibility index (Phi) is 9.16. The van der Waals surface area contributed by atoms with Crippen molar-refractivity contribution in [2.45, 2.75) is 24.0 Å². The van der Waals surface area contributed by atoms with Crippen LogP contribution in [0.15, 0.2) is 175 Å². The van der Waals surface area contributed by atoms with Crippen LogP contribution in [0.2, 0.25) is 0 Å².